The van der Waals surface area contributed by atoms with Gasteiger partial charge in [0.05, 0.1) is 19.3 Å². The number of hydrogen-bond donors (Lipinski definition) is 0. The number of methoxy groups -OCH3 is 1. The Morgan fingerprint density at radius 2 is 1.88 bits per heavy atom. The Bertz CT molecular complexity index is 780. The van der Waals surface area contributed by atoms with Crippen LogP contribution >= 0.6 is 0 Å². The predicted octanol–water partition coefficient (Wildman–Crippen LogP) is 3.96. The Kier molecular flexibility index (Phi) is 5.39. The van der Waals surface area contributed by atoms with Crippen molar-refractivity contribution in [3.8, 4) is 16.9 Å². The third kappa shape index (κ3) is 3.69. The highest BCUT2D eigenvalue weighted by atomic mass is 16.5. The molecule has 0 aliphatic heterocycles. The van der Waals surface area contributed by atoms with Crippen molar-refractivity contribution in [2.45, 2.75) is 26.7 Å². The van der Waals surface area contributed by atoms with E-state index < -0.39 is 0 Å². The first kappa shape index (κ1) is 17.5. The number of rotatable bonds is 6. The van der Waals surface area contributed by atoms with Crippen molar-refractivity contribution in [2.24, 2.45) is 0 Å². The number of esters is 1. The van der Waals surface area contributed by atoms with Gasteiger partial charge in [-0.2, -0.15) is 0 Å². The van der Waals surface area contributed by atoms with Gasteiger partial charge in [-0.15, -0.1) is 0 Å². The maximum absolute atomic E-state index is 11.9. The van der Waals surface area contributed by atoms with E-state index in [1.165, 1.54) is 23.8 Å². The van der Waals surface area contributed by atoms with Crippen LogP contribution in [-0.2, 0) is 22.3 Å². The molecular weight excluding hydrogens is 316 g/mol. The van der Waals surface area contributed by atoms with Crippen molar-refractivity contribution >= 4 is 5.97 Å². The van der Waals surface area contributed by atoms with Crippen LogP contribution in [0.1, 0.15) is 34.0 Å². The highest BCUT2D eigenvalue weighted by molar-refractivity contribution is 5.92. The minimum Gasteiger partial charge on any atom is -0.491 e. The summed E-state index contributed by atoms with van der Waals surface area (Å²) in [7, 11) is 1.41. The Hall–Kier alpha value is -2.33. The van der Waals surface area contributed by atoms with Crippen LogP contribution in [0.5, 0.6) is 5.75 Å². The van der Waals surface area contributed by atoms with Gasteiger partial charge >= 0.3 is 5.97 Å². The summed E-state index contributed by atoms with van der Waals surface area (Å²) in [6.07, 6.45) is 1.94. The average molecular weight is 340 g/mol. The molecule has 2 aromatic rings. The molecule has 1 aliphatic rings. The van der Waals surface area contributed by atoms with Crippen LogP contribution in [0.15, 0.2) is 30.3 Å². The fourth-order valence-corrected chi connectivity index (χ4v) is 3.39. The van der Waals surface area contributed by atoms with Gasteiger partial charge in [0.2, 0.25) is 0 Å². The molecule has 0 saturated heterocycles. The van der Waals surface area contributed by atoms with E-state index >= 15 is 0 Å². The van der Waals surface area contributed by atoms with Crippen molar-refractivity contribution < 1.29 is 19.0 Å². The van der Waals surface area contributed by atoms with Crippen LogP contribution < -0.4 is 4.74 Å². The van der Waals surface area contributed by atoms with Crippen LogP contribution in [0.2, 0.25) is 0 Å². The zero-order chi connectivity index (χ0) is 17.8. The van der Waals surface area contributed by atoms with Crippen molar-refractivity contribution in [1.29, 1.82) is 0 Å². The Labute approximate surface area is 148 Å². The third-order valence-corrected chi connectivity index (χ3v) is 4.56. The van der Waals surface area contributed by atoms with Crippen molar-refractivity contribution in [2.75, 3.05) is 26.9 Å². The van der Waals surface area contributed by atoms with E-state index in [1.807, 2.05) is 25.1 Å². The lowest BCUT2D eigenvalue weighted by atomic mass is 9.82. The lowest BCUT2D eigenvalue weighted by molar-refractivity contribution is 0.0601. The molecule has 0 radical (unpaired) electrons. The molecule has 4 heteroatoms. The lowest BCUT2D eigenvalue weighted by Gasteiger charge is -2.23. The molecule has 0 atom stereocenters. The van der Waals surface area contributed by atoms with Crippen molar-refractivity contribution in [3.63, 3.8) is 0 Å². The van der Waals surface area contributed by atoms with Gasteiger partial charge in [-0.25, -0.2) is 4.79 Å². The second kappa shape index (κ2) is 7.70. The first-order valence-corrected chi connectivity index (χ1v) is 8.69. The fraction of sp³-hybridized carbons (Fsp3) is 0.381. The molecule has 3 rings (SSSR count). The van der Waals surface area contributed by atoms with Gasteiger partial charge in [0, 0.05) is 6.61 Å². The highest BCUT2D eigenvalue weighted by Crippen LogP contribution is 2.38. The van der Waals surface area contributed by atoms with E-state index in [1.54, 1.807) is 0 Å². The number of carbonyl (C=O) groups excluding carboxylic acids is 1. The largest absolute Gasteiger partial charge is 0.491 e. The van der Waals surface area contributed by atoms with E-state index in [-0.39, 0.29) is 5.97 Å². The predicted molar refractivity (Wildman–Crippen MR) is 97.4 cm³/mol. The van der Waals surface area contributed by atoms with E-state index in [4.69, 9.17) is 14.2 Å². The molecule has 2 aromatic carbocycles. The van der Waals surface area contributed by atoms with E-state index in [0.717, 1.165) is 29.7 Å². The summed E-state index contributed by atoms with van der Waals surface area (Å²) in [4.78, 5) is 11.9. The molecule has 0 bridgehead atoms. The molecule has 4 nitrogen and oxygen atoms in total. The van der Waals surface area contributed by atoms with E-state index in [9.17, 15) is 4.79 Å². The zero-order valence-corrected chi connectivity index (χ0v) is 15.1. The summed E-state index contributed by atoms with van der Waals surface area (Å²) in [6.45, 7) is 5.91. The molecular formula is C21H24O4. The Balaban J connectivity index is 1.92. The Morgan fingerprint density at radius 3 is 2.64 bits per heavy atom. The summed E-state index contributed by atoms with van der Waals surface area (Å²) >= 11 is 0. The lowest BCUT2D eigenvalue weighted by Crippen LogP contribution is -2.10. The second-order valence-corrected chi connectivity index (χ2v) is 6.18. The number of fused-ring (bicyclic) bond motifs is 3. The number of aryl methyl sites for hydroxylation is 3. The molecule has 0 aromatic heterocycles. The molecule has 0 heterocycles. The van der Waals surface area contributed by atoms with Gasteiger partial charge in [-0.1, -0.05) is 6.07 Å². The Morgan fingerprint density at radius 1 is 1.08 bits per heavy atom. The maximum Gasteiger partial charge on any atom is 0.337 e. The van der Waals surface area contributed by atoms with Gasteiger partial charge in [0.15, 0.2) is 0 Å². The minimum atomic E-state index is -0.302. The molecule has 0 unspecified atom stereocenters. The van der Waals surface area contributed by atoms with Crippen molar-refractivity contribution in [1.82, 2.24) is 0 Å². The van der Waals surface area contributed by atoms with Crippen molar-refractivity contribution in [3.05, 3.63) is 52.6 Å². The average Bonchev–Trinajstić information content (AvgIpc) is 2.63. The van der Waals surface area contributed by atoms with E-state index in [2.05, 4.69) is 19.1 Å². The summed E-state index contributed by atoms with van der Waals surface area (Å²) in [6, 6.07) is 10.0. The zero-order valence-electron chi connectivity index (χ0n) is 15.1. The normalized spacial score (nSPS) is 12.3. The van der Waals surface area contributed by atoms with Gasteiger partial charge in [0.1, 0.15) is 12.4 Å². The molecule has 0 N–H and O–H groups in total. The molecule has 0 fully saturated rings. The quantitative estimate of drug-likeness (QED) is 0.590. The van der Waals surface area contributed by atoms with Crippen LogP contribution in [0.4, 0.5) is 0 Å². The summed E-state index contributed by atoms with van der Waals surface area (Å²) < 4.78 is 16.0. The molecule has 0 saturated carbocycles. The first-order valence-electron chi connectivity index (χ1n) is 8.69. The third-order valence-electron chi connectivity index (χ3n) is 4.56. The maximum atomic E-state index is 11.9. The minimum absolute atomic E-state index is 0.302. The number of hydrogen-bond acceptors (Lipinski definition) is 4. The van der Waals surface area contributed by atoms with Gasteiger partial charge < -0.3 is 14.2 Å². The number of carbonyl (C=O) groups is 1. The SMILES string of the molecule is CCOCCOc1cc(C)c2c(c1)CCc1ccc(C(=O)OC)cc1-2. The van der Waals surface area contributed by atoms with Crippen LogP contribution in [0.3, 0.4) is 0 Å². The number of ether oxygens (including phenoxy) is 3. The summed E-state index contributed by atoms with van der Waals surface area (Å²) in [5.74, 6) is 0.576. The summed E-state index contributed by atoms with van der Waals surface area (Å²) in [5, 5.41) is 0. The van der Waals surface area contributed by atoms with Crippen LogP contribution in [0.25, 0.3) is 11.1 Å². The standard InChI is InChI=1S/C21H24O4/c1-4-24-9-10-25-18-11-14(2)20-16(12-18)7-5-15-6-8-17(13-19(15)20)21(22)23-3/h6,8,11-13H,4-5,7,9-10H2,1-3H3. The first-order chi connectivity index (χ1) is 12.1. The molecule has 132 valence electrons. The molecule has 0 amide bonds. The van der Waals surface area contributed by atoms with Gasteiger partial charge in [-0.3, -0.25) is 0 Å². The molecule has 1 aliphatic carbocycles. The highest BCUT2D eigenvalue weighted by Gasteiger charge is 2.21. The van der Waals surface area contributed by atoms with E-state index in [0.29, 0.717) is 25.4 Å². The second-order valence-electron chi connectivity index (χ2n) is 6.18. The van der Waals surface area contributed by atoms with Crippen LogP contribution in [-0.4, -0.2) is 32.9 Å². The van der Waals surface area contributed by atoms with Gasteiger partial charge in [-0.05, 0) is 78.8 Å². The molecule has 25 heavy (non-hydrogen) atoms. The smallest absolute Gasteiger partial charge is 0.337 e. The van der Waals surface area contributed by atoms with Gasteiger partial charge in [0.25, 0.3) is 0 Å². The molecule has 0 spiro atoms. The summed E-state index contributed by atoms with van der Waals surface area (Å²) in [5.41, 5.74) is 6.62. The number of benzene rings is 2. The monoisotopic (exact) mass is 340 g/mol. The van der Waals surface area contributed by atoms with Crippen LogP contribution in [0, 0.1) is 6.92 Å². The topological polar surface area (TPSA) is 44.8 Å². The fourth-order valence-electron chi connectivity index (χ4n) is 3.39.